The smallest absolute Gasteiger partial charge is 0.414 e. The van der Waals surface area contributed by atoms with Gasteiger partial charge in [0.25, 0.3) is 0 Å². The van der Waals surface area contributed by atoms with Gasteiger partial charge < -0.3 is 25.4 Å². The van der Waals surface area contributed by atoms with Gasteiger partial charge in [0.1, 0.15) is 12.4 Å². The molecular weight excluding hydrogens is 350 g/mol. The van der Waals surface area contributed by atoms with Crippen LogP contribution in [0.5, 0.6) is 5.75 Å². The van der Waals surface area contributed by atoms with Gasteiger partial charge in [-0.05, 0) is 30.5 Å². The molecule has 0 bridgehead atoms. The van der Waals surface area contributed by atoms with Gasteiger partial charge >= 0.3 is 11.9 Å². The lowest BCUT2D eigenvalue weighted by Gasteiger charge is -2.23. The van der Waals surface area contributed by atoms with E-state index in [1.807, 2.05) is 18.2 Å². The SMILES string of the molecule is CC(O)CNCCOc1ccc(Cl)cc1C(C)(C)C.O=C(O)C(=O)O. The number of carboxylic acids is 2. The number of halogens is 1. The maximum atomic E-state index is 9.13. The van der Waals surface area contributed by atoms with Crippen molar-refractivity contribution >= 4 is 23.5 Å². The Morgan fingerprint density at radius 1 is 1.24 bits per heavy atom. The average Bonchev–Trinajstić information content (AvgIpc) is 2.47. The number of aliphatic carboxylic acids is 2. The summed E-state index contributed by atoms with van der Waals surface area (Å²) in [5.41, 5.74) is 1.10. The Morgan fingerprint density at radius 3 is 2.24 bits per heavy atom. The summed E-state index contributed by atoms with van der Waals surface area (Å²) in [7, 11) is 0. The first-order chi connectivity index (χ1) is 11.4. The highest BCUT2D eigenvalue weighted by molar-refractivity contribution is 6.30. The minimum absolute atomic E-state index is 0.00667. The largest absolute Gasteiger partial charge is 0.492 e. The molecule has 0 fully saturated rings. The number of hydrogen-bond donors (Lipinski definition) is 4. The second-order valence-corrected chi connectivity index (χ2v) is 6.84. The van der Waals surface area contributed by atoms with Crippen molar-refractivity contribution in [1.82, 2.24) is 5.32 Å². The van der Waals surface area contributed by atoms with Gasteiger partial charge in [-0.25, -0.2) is 9.59 Å². The third-order valence-corrected chi connectivity index (χ3v) is 3.14. The Hall–Kier alpha value is -1.83. The highest BCUT2D eigenvalue weighted by atomic mass is 35.5. The summed E-state index contributed by atoms with van der Waals surface area (Å²) < 4.78 is 5.80. The molecule has 0 saturated heterocycles. The molecule has 1 atom stereocenters. The average molecular weight is 376 g/mol. The minimum atomic E-state index is -1.82. The van der Waals surface area contributed by atoms with Crippen LogP contribution >= 0.6 is 11.6 Å². The summed E-state index contributed by atoms with van der Waals surface area (Å²) in [5, 5.41) is 27.8. The molecule has 1 rings (SSSR count). The van der Waals surface area contributed by atoms with E-state index >= 15 is 0 Å². The van der Waals surface area contributed by atoms with Crippen LogP contribution in [0.1, 0.15) is 33.3 Å². The molecule has 0 amide bonds. The molecule has 0 radical (unpaired) electrons. The molecule has 8 heteroatoms. The van der Waals surface area contributed by atoms with Crippen molar-refractivity contribution in [3.63, 3.8) is 0 Å². The van der Waals surface area contributed by atoms with E-state index in [2.05, 4.69) is 26.1 Å². The number of hydrogen-bond acceptors (Lipinski definition) is 5. The van der Waals surface area contributed by atoms with Crippen LogP contribution in [0.2, 0.25) is 5.02 Å². The summed E-state index contributed by atoms with van der Waals surface area (Å²) in [5.74, 6) is -2.78. The van der Waals surface area contributed by atoms with Crippen LogP contribution in [-0.2, 0) is 15.0 Å². The molecular formula is C17H26ClNO6. The van der Waals surface area contributed by atoms with Crippen molar-refractivity contribution in [2.24, 2.45) is 0 Å². The van der Waals surface area contributed by atoms with E-state index in [1.54, 1.807) is 6.92 Å². The van der Waals surface area contributed by atoms with E-state index in [1.165, 1.54) is 0 Å². The Bertz CT molecular complexity index is 557. The first-order valence-electron chi connectivity index (χ1n) is 7.73. The fraction of sp³-hybridized carbons (Fsp3) is 0.529. The van der Waals surface area contributed by atoms with E-state index in [4.69, 9.17) is 41.2 Å². The molecule has 1 aromatic rings. The van der Waals surface area contributed by atoms with Crippen molar-refractivity contribution in [2.75, 3.05) is 19.7 Å². The van der Waals surface area contributed by atoms with Crippen LogP contribution in [0, 0.1) is 0 Å². The molecule has 4 N–H and O–H groups in total. The highest BCUT2D eigenvalue weighted by Crippen LogP contribution is 2.33. The van der Waals surface area contributed by atoms with E-state index < -0.39 is 11.9 Å². The number of rotatable bonds is 6. The summed E-state index contributed by atoms with van der Waals surface area (Å²) in [6.07, 6.45) is -0.333. The van der Waals surface area contributed by atoms with Crippen molar-refractivity contribution in [1.29, 1.82) is 0 Å². The number of aliphatic hydroxyl groups is 1. The molecule has 25 heavy (non-hydrogen) atoms. The Morgan fingerprint density at radius 2 is 1.80 bits per heavy atom. The van der Waals surface area contributed by atoms with Crippen LogP contribution in [0.15, 0.2) is 18.2 Å². The molecule has 0 saturated carbocycles. The number of ether oxygens (including phenoxy) is 1. The Kier molecular flexibility index (Phi) is 10.1. The van der Waals surface area contributed by atoms with Crippen LogP contribution in [-0.4, -0.2) is 53.1 Å². The second kappa shape index (κ2) is 10.9. The van der Waals surface area contributed by atoms with E-state index in [0.717, 1.165) is 16.3 Å². The molecule has 0 heterocycles. The first kappa shape index (κ1) is 23.2. The van der Waals surface area contributed by atoms with Gasteiger partial charge in [0.15, 0.2) is 0 Å². The zero-order valence-electron chi connectivity index (χ0n) is 14.9. The molecule has 0 aliphatic heterocycles. The minimum Gasteiger partial charge on any atom is -0.492 e. The number of aliphatic hydroxyl groups excluding tert-OH is 1. The summed E-state index contributed by atoms with van der Waals surface area (Å²) >= 11 is 6.05. The third kappa shape index (κ3) is 10.6. The van der Waals surface area contributed by atoms with Gasteiger partial charge in [-0.2, -0.15) is 0 Å². The number of carboxylic acid groups (broad SMARTS) is 2. The Labute approximate surface area is 152 Å². The standard InChI is InChI=1S/C15H24ClNO2.C2H2O4/c1-11(18)10-17-7-8-19-14-6-5-12(16)9-13(14)15(2,3)4;3-1(4)2(5)6/h5-6,9,11,17-18H,7-8,10H2,1-4H3;(H,3,4)(H,5,6). The van der Waals surface area contributed by atoms with Gasteiger partial charge in [-0.3, -0.25) is 0 Å². The zero-order chi connectivity index (χ0) is 19.6. The van der Waals surface area contributed by atoms with Gasteiger partial charge in [0.2, 0.25) is 0 Å². The maximum absolute atomic E-state index is 9.13. The van der Waals surface area contributed by atoms with Crippen LogP contribution < -0.4 is 10.1 Å². The molecule has 7 nitrogen and oxygen atoms in total. The lowest BCUT2D eigenvalue weighted by atomic mass is 9.86. The molecule has 0 aromatic heterocycles. The molecule has 1 unspecified atom stereocenters. The summed E-state index contributed by atoms with van der Waals surface area (Å²) in [6, 6.07) is 5.72. The van der Waals surface area contributed by atoms with Crippen LogP contribution in [0.25, 0.3) is 0 Å². The topological polar surface area (TPSA) is 116 Å². The van der Waals surface area contributed by atoms with Crippen LogP contribution in [0.3, 0.4) is 0 Å². The second-order valence-electron chi connectivity index (χ2n) is 6.40. The molecule has 0 aliphatic rings. The van der Waals surface area contributed by atoms with E-state index in [-0.39, 0.29) is 11.5 Å². The Balaban J connectivity index is 0.000000823. The van der Waals surface area contributed by atoms with Crippen molar-refractivity contribution in [3.05, 3.63) is 28.8 Å². The van der Waals surface area contributed by atoms with Gasteiger partial charge in [0.05, 0.1) is 6.10 Å². The van der Waals surface area contributed by atoms with E-state index in [0.29, 0.717) is 19.7 Å². The zero-order valence-corrected chi connectivity index (χ0v) is 15.6. The third-order valence-electron chi connectivity index (χ3n) is 2.91. The number of nitrogens with one attached hydrogen (secondary N) is 1. The number of carbonyl (C=O) groups is 2. The maximum Gasteiger partial charge on any atom is 0.414 e. The van der Waals surface area contributed by atoms with Gasteiger partial charge in [-0.15, -0.1) is 0 Å². The molecule has 0 aliphatic carbocycles. The van der Waals surface area contributed by atoms with Crippen molar-refractivity contribution < 1.29 is 29.6 Å². The van der Waals surface area contributed by atoms with Crippen molar-refractivity contribution in [3.8, 4) is 5.75 Å². The predicted molar refractivity (Wildman–Crippen MR) is 95.5 cm³/mol. The molecule has 0 spiro atoms. The lowest BCUT2D eigenvalue weighted by molar-refractivity contribution is -0.159. The quantitative estimate of drug-likeness (QED) is 0.444. The fourth-order valence-corrected chi connectivity index (χ4v) is 1.93. The van der Waals surface area contributed by atoms with Gasteiger partial charge in [-0.1, -0.05) is 32.4 Å². The molecule has 1 aromatic carbocycles. The number of benzene rings is 1. The lowest BCUT2D eigenvalue weighted by Crippen LogP contribution is -2.28. The summed E-state index contributed by atoms with van der Waals surface area (Å²) in [4.78, 5) is 18.2. The van der Waals surface area contributed by atoms with Crippen molar-refractivity contribution in [2.45, 2.75) is 39.2 Å². The van der Waals surface area contributed by atoms with Crippen LogP contribution in [0.4, 0.5) is 0 Å². The van der Waals surface area contributed by atoms with Gasteiger partial charge in [0, 0.05) is 23.7 Å². The molecule has 142 valence electrons. The fourth-order valence-electron chi connectivity index (χ4n) is 1.76. The normalized spacial score (nSPS) is 11.9. The summed E-state index contributed by atoms with van der Waals surface area (Å²) in [6.45, 7) is 10.0. The van der Waals surface area contributed by atoms with E-state index in [9.17, 15) is 0 Å². The monoisotopic (exact) mass is 375 g/mol. The predicted octanol–water partition coefficient (Wildman–Crippen LogP) is 2.14. The highest BCUT2D eigenvalue weighted by Gasteiger charge is 2.19. The first-order valence-corrected chi connectivity index (χ1v) is 8.10.